The van der Waals surface area contributed by atoms with E-state index in [9.17, 15) is 9.59 Å². The van der Waals surface area contributed by atoms with Crippen molar-refractivity contribution in [2.45, 2.75) is 26.8 Å². The highest BCUT2D eigenvalue weighted by Crippen LogP contribution is 2.21. The number of carbonyl (C=O) groups is 2. The zero-order valence-corrected chi connectivity index (χ0v) is 10.6. The highest BCUT2D eigenvalue weighted by atomic mass is 16.2. The van der Waals surface area contributed by atoms with Crippen LogP contribution in [0.3, 0.4) is 0 Å². The summed E-state index contributed by atoms with van der Waals surface area (Å²) in [7, 11) is 0. The molecule has 0 aromatic carbocycles. The average molecular weight is 253 g/mol. The molecule has 100 valence electrons. The van der Waals surface area contributed by atoms with E-state index in [1.165, 1.54) is 10.9 Å². The zero-order chi connectivity index (χ0) is 13.8. The summed E-state index contributed by atoms with van der Waals surface area (Å²) in [5.41, 5.74) is 10.6. The Bertz CT molecular complexity index is 436. The predicted octanol–water partition coefficient (Wildman–Crippen LogP) is -0.318. The summed E-state index contributed by atoms with van der Waals surface area (Å²) in [6, 6.07) is 0. The molecular formula is C11H19N5O2. The lowest BCUT2D eigenvalue weighted by molar-refractivity contribution is -0.124. The van der Waals surface area contributed by atoms with Crippen LogP contribution in [0, 0.1) is 5.41 Å². The lowest BCUT2D eigenvalue weighted by atomic mass is 9.86. The van der Waals surface area contributed by atoms with Gasteiger partial charge in [0.05, 0.1) is 17.3 Å². The second-order valence-corrected chi connectivity index (χ2v) is 4.47. The van der Waals surface area contributed by atoms with Gasteiger partial charge in [-0.15, -0.1) is 0 Å². The number of rotatable bonds is 6. The highest BCUT2D eigenvalue weighted by molar-refractivity contribution is 5.95. The van der Waals surface area contributed by atoms with Crippen LogP contribution < -0.4 is 16.8 Å². The number of hydrogen-bond acceptors (Lipinski definition) is 4. The Labute approximate surface area is 106 Å². The maximum Gasteiger partial charge on any atom is 0.239 e. The van der Waals surface area contributed by atoms with E-state index in [0.29, 0.717) is 12.1 Å². The maximum absolute atomic E-state index is 12.0. The minimum atomic E-state index is -0.605. The quantitative estimate of drug-likeness (QED) is 0.644. The third-order valence-electron chi connectivity index (χ3n) is 2.99. The molecule has 1 atom stereocenters. The molecule has 18 heavy (non-hydrogen) atoms. The molecule has 0 fully saturated rings. The SMILES string of the molecule is CCC(C)(CN)C(=O)Nc1cnn(CC(N)=O)c1. The second kappa shape index (κ2) is 5.63. The molecule has 1 rings (SSSR count). The molecule has 0 radical (unpaired) electrons. The van der Waals surface area contributed by atoms with Gasteiger partial charge in [-0.1, -0.05) is 6.92 Å². The number of aromatic nitrogens is 2. The summed E-state index contributed by atoms with van der Waals surface area (Å²) >= 11 is 0. The van der Waals surface area contributed by atoms with Gasteiger partial charge in [0.25, 0.3) is 0 Å². The van der Waals surface area contributed by atoms with Crippen molar-refractivity contribution in [3.63, 3.8) is 0 Å². The molecular weight excluding hydrogens is 234 g/mol. The molecule has 0 spiro atoms. The van der Waals surface area contributed by atoms with Crippen LogP contribution in [0.5, 0.6) is 0 Å². The van der Waals surface area contributed by atoms with Crippen LogP contribution in [-0.4, -0.2) is 28.1 Å². The molecule has 0 saturated heterocycles. The molecule has 0 bridgehead atoms. The first kappa shape index (κ1) is 14.2. The fourth-order valence-corrected chi connectivity index (χ4v) is 1.35. The van der Waals surface area contributed by atoms with Gasteiger partial charge in [0, 0.05) is 12.7 Å². The molecule has 1 aromatic heterocycles. The van der Waals surface area contributed by atoms with Crippen LogP contribution in [0.25, 0.3) is 0 Å². The Morgan fingerprint density at radius 3 is 2.72 bits per heavy atom. The van der Waals surface area contributed by atoms with E-state index in [1.807, 2.05) is 6.92 Å². The van der Waals surface area contributed by atoms with Gasteiger partial charge in [-0.3, -0.25) is 14.3 Å². The molecule has 1 aromatic rings. The van der Waals surface area contributed by atoms with Crippen LogP contribution in [0.15, 0.2) is 12.4 Å². The van der Waals surface area contributed by atoms with Gasteiger partial charge < -0.3 is 16.8 Å². The van der Waals surface area contributed by atoms with Crippen molar-refractivity contribution < 1.29 is 9.59 Å². The van der Waals surface area contributed by atoms with Crippen molar-refractivity contribution >= 4 is 17.5 Å². The predicted molar refractivity (Wildman–Crippen MR) is 67.5 cm³/mol. The van der Waals surface area contributed by atoms with E-state index in [0.717, 1.165) is 0 Å². The molecule has 0 aliphatic rings. The summed E-state index contributed by atoms with van der Waals surface area (Å²) in [6.45, 7) is 3.96. The van der Waals surface area contributed by atoms with Gasteiger partial charge in [-0.25, -0.2) is 0 Å². The van der Waals surface area contributed by atoms with Crippen LogP contribution in [0.1, 0.15) is 20.3 Å². The summed E-state index contributed by atoms with van der Waals surface area (Å²) in [5.74, 6) is -0.651. The maximum atomic E-state index is 12.0. The second-order valence-electron chi connectivity index (χ2n) is 4.47. The fraction of sp³-hybridized carbons (Fsp3) is 0.545. The molecule has 2 amide bonds. The highest BCUT2D eigenvalue weighted by Gasteiger charge is 2.29. The van der Waals surface area contributed by atoms with Crippen molar-refractivity contribution in [3.8, 4) is 0 Å². The van der Waals surface area contributed by atoms with E-state index in [1.54, 1.807) is 13.1 Å². The number of nitrogens with zero attached hydrogens (tertiary/aromatic N) is 2. The van der Waals surface area contributed by atoms with E-state index < -0.39 is 11.3 Å². The first-order valence-corrected chi connectivity index (χ1v) is 5.73. The number of primary amides is 1. The lowest BCUT2D eigenvalue weighted by Gasteiger charge is -2.24. The molecule has 1 heterocycles. The van der Waals surface area contributed by atoms with Gasteiger partial charge >= 0.3 is 0 Å². The number of carbonyl (C=O) groups excluding carboxylic acids is 2. The van der Waals surface area contributed by atoms with Gasteiger partial charge in [0.2, 0.25) is 11.8 Å². The summed E-state index contributed by atoms with van der Waals surface area (Å²) in [5, 5.41) is 6.64. The summed E-state index contributed by atoms with van der Waals surface area (Å²) in [4.78, 5) is 22.7. The zero-order valence-electron chi connectivity index (χ0n) is 10.6. The minimum absolute atomic E-state index is 0.0161. The first-order chi connectivity index (χ1) is 8.41. The molecule has 0 aliphatic carbocycles. The molecule has 5 N–H and O–H groups in total. The molecule has 7 heteroatoms. The third kappa shape index (κ3) is 3.30. The number of anilines is 1. The van der Waals surface area contributed by atoms with Crippen molar-refractivity contribution in [3.05, 3.63) is 12.4 Å². The van der Waals surface area contributed by atoms with Gasteiger partial charge in [0.15, 0.2) is 0 Å². The van der Waals surface area contributed by atoms with Crippen LogP contribution >= 0.6 is 0 Å². The fourth-order valence-electron chi connectivity index (χ4n) is 1.35. The van der Waals surface area contributed by atoms with Crippen molar-refractivity contribution in [1.82, 2.24) is 9.78 Å². The molecule has 0 saturated carbocycles. The Hall–Kier alpha value is -1.89. The van der Waals surface area contributed by atoms with Gasteiger partial charge in [-0.05, 0) is 13.3 Å². The number of nitrogens with one attached hydrogen (secondary N) is 1. The van der Waals surface area contributed by atoms with Crippen LogP contribution in [0.2, 0.25) is 0 Å². The van der Waals surface area contributed by atoms with E-state index in [2.05, 4.69) is 10.4 Å². The van der Waals surface area contributed by atoms with Crippen molar-refractivity contribution in [2.24, 2.45) is 16.9 Å². The lowest BCUT2D eigenvalue weighted by Crippen LogP contribution is -2.39. The van der Waals surface area contributed by atoms with Crippen molar-refractivity contribution in [2.75, 3.05) is 11.9 Å². The molecule has 7 nitrogen and oxygen atoms in total. The first-order valence-electron chi connectivity index (χ1n) is 5.73. The van der Waals surface area contributed by atoms with Gasteiger partial charge in [-0.2, -0.15) is 5.10 Å². The van der Waals surface area contributed by atoms with E-state index in [4.69, 9.17) is 11.5 Å². The van der Waals surface area contributed by atoms with Crippen LogP contribution in [-0.2, 0) is 16.1 Å². The minimum Gasteiger partial charge on any atom is -0.368 e. The van der Waals surface area contributed by atoms with E-state index >= 15 is 0 Å². The number of nitrogens with two attached hydrogens (primary N) is 2. The molecule has 1 unspecified atom stereocenters. The molecule has 0 aliphatic heterocycles. The van der Waals surface area contributed by atoms with Gasteiger partial charge in [0.1, 0.15) is 6.54 Å². The summed E-state index contributed by atoms with van der Waals surface area (Å²) in [6.07, 6.45) is 3.66. The summed E-state index contributed by atoms with van der Waals surface area (Å²) < 4.78 is 1.36. The average Bonchev–Trinajstić information content (AvgIpc) is 2.74. The largest absolute Gasteiger partial charge is 0.368 e. The number of amides is 2. The van der Waals surface area contributed by atoms with Crippen LogP contribution in [0.4, 0.5) is 5.69 Å². The normalized spacial score (nSPS) is 13.9. The standard InChI is InChI=1S/C11H19N5O2/c1-3-11(2,7-12)10(18)15-8-4-14-16(5-8)6-9(13)17/h4-5H,3,6-7,12H2,1-2H3,(H2,13,17)(H,15,18). The monoisotopic (exact) mass is 253 g/mol. The Balaban J connectivity index is 2.70. The van der Waals surface area contributed by atoms with E-state index in [-0.39, 0.29) is 19.0 Å². The third-order valence-corrected chi connectivity index (χ3v) is 2.99. The Kier molecular flexibility index (Phi) is 4.43. The Morgan fingerprint density at radius 2 is 2.22 bits per heavy atom. The smallest absolute Gasteiger partial charge is 0.239 e. The topological polar surface area (TPSA) is 116 Å². The Morgan fingerprint density at radius 1 is 1.56 bits per heavy atom. The van der Waals surface area contributed by atoms with Crippen molar-refractivity contribution in [1.29, 1.82) is 0 Å². The number of hydrogen-bond donors (Lipinski definition) is 3.